The van der Waals surface area contributed by atoms with Gasteiger partial charge >= 0.3 is 0 Å². The molecule has 0 saturated carbocycles. The van der Waals surface area contributed by atoms with E-state index in [0.29, 0.717) is 12.6 Å². The van der Waals surface area contributed by atoms with Gasteiger partial charge in [-0.2, -0.15) is 0 Å². The van der Waals surface area contributed by atoms with Crippen LogP contribution in [0.25, 0.3) is 5.88 Å². The Morgan fingerprint density at radius 3 is 3.00 bits per heavy atom. The second-order valence-electron chi connectivity index (χ2n) is 3.55. The van der Waals surface area contributed by atoms with Crippen LogP contribution in [0.2, 0.25) is 0 Å². The molecule has 0 bridgehead atoms. The molecule has 0 amide bonds. The number of ether oxygens (including phenoxy) is 1. The molecule has 0 fully saturated rings. The molecule has 3 nitrogen and oxygen atoms in total. The van der Waals surface area contributed by atoms with Crippen LogP contribution in [0, 0.1) is 0 Å². The second-order valence-corrected chi connectivity index (χ2v) is 3.55. The average molecular weight is 191 g/mol. The average Bonchev–Trinajstić information content (AvgIpc) is 2.67. The molecule has 0 N–H and O–H groups in total. The Hall–Kier alpha value is -1.51. The molecule has 2 rings (SSSR count). The summed E-state index contributed by atoms with van der Waals surface area (Å²) in [4.78, 5) is 0. The maximum atomic E-state index is 5.53. The normalized spacial score (nSPS) is 15.5. The van der Waals surface area contributed by atoms with Gasteiger partial charge in [0, 0.05) is 12.1 Å². The molecule has 1 aromatic heterocycles. The lowest BCUT2D eigenvalue weighted by atomic mass is 10.4. The summed E-state index contributed by atoms with van der Waals surface area (Å²) in [6, 6.07) is 2.45. The first-order valence-corrected chi connectivity index (χ1v) is 4.88. The minimum Gasteiger partial charge on any atom is -0.471 e. The largest absolute Gasteiger partial charge is 0.471 e. The fourth-order valence-corrected chi connectivity index (χ4v) is 1.50. The van der Waals surface area contributed by atoms with Gasteiger partial charge in [0.1, 0.15) is 6.61 Å². The van der Waals surface area contributed by atoms with Gasteiger partial charge < -0.3 is 4.74 Å². The van der Waals surface area contributed by atoms with E-state index >= 15 is 0 Å². The van der Waals surface area contributed by atoms with E-state index in [1.807, 2.05) is 41.4 Å². The van der Waals surface area contributed by atoms with Gasteiger partial charge in [0.2, 0.25) is 0 Å². The van der Waals surface area contributed by atoms with Gasteiger partial charge in [0.25, 0.3) is 5.88 Å². The summed E-state index contributed by atoms with van der Waals surface area (Å²) in [5.41, 5.74) is 0. The van der Waals surface area contributed by atoms with Crippen molar-refractivity contribution in [1.29, 1.82) is 0 Å². The van der Waals surface area contributed by atoms with Gasteiger partial charge in [-0.1, -0.05) is 10.8 Å². The Bertz CT molecular complexity index is 374. The van der Waals surface area contributed by atoms with Gasteiger partial charge in [-0.15, -0.1) is 4.68 Å². The summed E-state index contributed by atoms with van der Waals surface area (Å²) < 4.78 is 9.68. The number of hydrogen-bond donors (Lipinski definition) is 0. The van der Waals surface area contributed by atoms with E-state index in [0.717, 1.165) is 5.88 Å². The first kappa shape index (κ1) is 9.06. The van der Waals surface area contributed by atoms with Crippen LogP contribution >= 0.6 is 0 Å². The van der Waals surface area contributed by atoms with Crippen LogP contribution in [0.4, 0.5) is 0 Å². The maximum Gasteiger partial charge on any atom is 0.252 e. The molecule has 2 heterocycles. The fourth-order valence-electron chi connectivity index (χ4n) is 1.50. The van der Waals surface area contributed by atoms with Crippen molar-refractivity contribution >= 4 is 5.88 Å². The minimum absolute atomic E-state index is 0.431. The zero-order valence-corrected chi connectivity index (χ0v) is 8.55. The number of hydrogen-bond acceptors (Lipinski definition) is 1. The smallest absolute Gasteiger partial charge is 0.252 e. The monoisotopic (exact) mass is 191 g/mol. The molecule has 1 aliphatic heterocycles. The fraction of sp³-hybridized carbons (Fsp3) is 0.364. The molecule has 0 spiro atoms. The summed E-state index contributed by atoms with van der Waals surface area (Å²) in [6.07, 6.45) is 10.0. The number of aromatic nitrogens is 2. The van der Waals surface area contributed by atoms with Crippen molar-refractivity contribution < 1.29 is 9.42 Å². The predicted octanol–water partition coefficient (Wildman–Crippen LogP) is 1.74. The summed E-state index contributed by atoms with van der Waals surface area (Å²) in [6.45, 7) is 4.95. The Morgan fingerprint density at radius 1 is 1.50 bits per heavy atom. The van der Waals surface area contributed by atoms with Crippen LogP contribution < -0.4 is 4.68 Å². The zero-order chi connectivity index (χ0) is 9.97. The summed E-state index contributed by atoms with van der Waals surface area (Å²) >= 11 is 0. The Kier molecular flexibility index (Phi) is 2.39. The molecule has 74 valence electrons. The second kappa shape index (κ2) is 3.70. The van der Waals surface area contributed by atoms with Crippen molar-refractivity contribution in [2.24, 2.45) is 0 Å². The van der Waals surface area contributed by atoms with E-state index in [1.165, 1.54) is 0 Å². The van der Waals surface area contributed by atoms with Gasteiger partial charge in [-0.05, 0) is 19.9 Å². The SMILES string of the molecule is CC(C)[n+]1cccn1C1=CC=CCO1. The van der Waals surface area contributed by atoms with Crippen LogP contribution in [0.1, 0.15) is 19.9 Å². The standard InChI is InChI=1S/C11H15N2O/c1-10(2)12-7-5-8-13(12)11-6-3-4-9-14-11/h3-8,10H,9H2,1-2H3/q+1. The van der Waals surface area contributed by atoms with E-state index < -0.39 is 0 Å². The van der Waals surface area contributed by atoms with E-state index in [2.05, 4.69) is 18.5 Å². The molecule has 0 aromatic carbocycles. The molecule has 14 heavy (non-hydrogen) atoms. The van der Waals surface area contributed by atoms with Gasteiger partial charge in [0.05, 0.1) is 6.20 Å². The summed E-state index contributed by atoms with van der Waals surface area (Å²) in [5, 5.41) is 0. The molecular formula is C11H15N2O+. The third-order valence-electron chi connectivity index (χ3n) is 2.17. The molecule has 0 atom stereocenters. The van der Waals surface area contributed by atoms with Crippen molar-refractivity contribution in [3.05, 3.63) is 36.7 Å². The number of rotatable bonds is 2. The molecule has 1 aliphatic rings. The molecule has 0 unspecified atom stereocenters. The van der Waals surface area contributed by atoms with Crippen LogP contribution in [0.5, 0.6) is 0 Å². The highest BCUT2D eigenvalue weighted by atomic mass is 16.5. The Labute approximate surface area is 83.9 Å². The lowest BCUT2D eigenvalue weighted by molar-refractivity contribution is -0.783. The highest BCUT2D eigenvalue weighted by Gasteiger charge is 2.16. The first-order chi connectivity index (χ1) is 6.79. The van der Waals surface area contributed by atoms with Crippen molar-refractivity contribution in [3.63, 3.8) is 0 Å². The highest BCUT2D eigenvalue weighted by Crippen LogP contribution is 2.09. The van der Waals surface area contributed by atoms with E-state index in [1.54, 1.807) is 0 Å². The van der Waals surface area contributed by atoms with Gasteiger partial charge in [-0.3, -0.25) is 0 Å². The molecule has 0 aliphatic carbocycles. The molecular weight excluding hydrogens is 176 g/mol. The molecule has 1 aromatic rings. The lowest BCUT2D eigenvalue weighted by Crippen LogP contribution is -2.44. The van der Waals surface area contributed by atoms with E-state index in [9.17, 15) is 0 Å². The van der Waals surface area contributed by atoms with Crippen molar-refractivity contribution in [3.8, 4) is 0 Å². The quantitative estimate of drug-likeness (QED) is 0.651. The minimum atomic E-state index is 0.431. The molecule has 3 heteroatoms. The van der Waals surface area contributed by atoms with Crippen molar-refractivity contribution in [2.75, 3.05) is 6.61 Å². The lowest BCUT2D eigenvalue weighted by Gasteiger charge is -2.11. The molecule has 0 saturated heterocycles. The third kappa shape index (κ3) is 1.58. The highest BCUT2D eigenvalue weighted by molar-refractivity contribution is 5.40. The van der Waals surface area contributed by atoms with Gasteiger partial charge in [-0.25, -0.2) is 0 Å². The van der Waals surface area contributed by atoms with E-state index in [-0.39, 0.29) is 0 Å². The topological polar surface area (TPSA) is 18.0 Å². The predicted molar refractivity (Wildman–Crippen MR) is 54.4 cm³/mol. The number of allylic oxidation sites excluding steroid dienone is 2. The van der Waals surface area contributed by atoms with Gasteiger partial charge in [0.15, 0.2) is 12.2 Å². The van der Waals surface area contributed by atoms with Crippen LogP contribution in [0.15, 0.2) is 36.7 Å². The van der Waals surface area contributed by atoms with E-state index in [4.69, 9.17) is 4.74 Å². The Balaban J connectivity index is 2.35. The van der Waals surface area contributed by atoms with Crippen LogP contribution in [-0.2, 0) is 4.74 Å². The van der Waals surface area contributed by atoms with Crippen molar-refractivity contribution in [2.45, 2.75) is 19.9 Å². The third-order valence-corrected chi connectivity index (χ3v) is 2.17. The summed E-state index contributed by atoms with van der Waals surface area (Å²) in [7, 11) is 0. The molecule has 0 radical (unpaired) electrons. The summed E-state index contributed by atoms with van der Waals surface area (Å²) in [5.74, 6) is 0.881. The number of nitrogens with zero attached hydrogens (tertiary/aromatic N) is 2. The zero-order valence-electron chi connectivity index (χ0n) is 8.55. The van der Waals surface area contributed by atoms with Crippen LogP contribution in [0.3, 0.4) is 0 Å². The van der Waals surface area contributed by atoms with Crippen molar-refractivity contribution in [1.82, 2.24) is 4.68 Å². The first-order valence-electron chi connectivity index (χ1n) is 4.88. The maximum absolute atomic E-state index is 5.53. The Morgan fingerprint density at radius 2 is 2.36 bits per heavy atom. The van der Waals surface area contributed by atoms with Crippen LogP contribution in [-0.4, -0.2) is 11.3 Å².